The van der Waals surface area contributed by atoms with Crippen LogP contribution >= 0.6 is 0 Å². The zero-order chi connectivity index (χ0) is 22.6. The van der Waals surface area contributed by atoms with Crippen LogP contribution in [-0.4, -0.2) is 36.9 Å². The third-order valence-corrected chi connectivity index (χ3v) is 4.84. The summed E-state index contributed by atoms with van der Waals surface area (Å²) >= 11 is 0. The lowest BCUT2D eigenvalue weighted by Gasteiger charge is -2.22. The Morgan fingerprint density at radius 2 is 1.61 bits per heavy atom. The lowest BCUT2D eigenvalue weighted by atomic mass is 10.0. The minimum atomic E-state index is -4.61. The highest BCUT2D eigenvalue weighted by Crippen LogP contribution is 2.34. The highest BCUT2D eigenvalue weighted by Gasteiger charge is 2.33. The molecule has 0 heterocycles. The van der Waals surface area contributed by atoms with E-state index < -0.39 is 23.6 Å². The number of para-hydroxylation sites is 1. The number of nitrogens with one attached hydrogen (secondary N) is 1. The zero-order valence-corrected chi connectivity index (χ0v) is 17.0. The number of amides is 2. The third kappa shape index (κ3) is 4.79. The number of carbonyl (C=O) groups is 2. The highest BCUT2D eigenvalue weighted by atomic mass is 19.4. The molecule has 5 nitrogen and oxygen atoms in total. The summed E-state index contributed by atoms with van der Waals surface area (Å²) in [7, 11) is 1.53. The molecular formula is C23H21F3N2O3. The van der Waals surface area contributed by atoms with Gasteiger partial charge in [-0.1, -0.05) is 36.4 Å². The summed E-state index contributed by atoms with van der Waals surface area (Å²) in [6.07, 6.45) is -4.61. The molecule has 1 N–H and O–H groups in total. The number of benzene rings is 3. The number of rotatable bonds is 6. The molecule has 0 unspecified atom stereocenters. The van der Waals surface area contributed by atoms with Crippen LogP contribution in [0.2, 0.25) is 0 Å². The number of fused-ring (bicyclic) bond motifs is 1. The van der Waals surface area contributed by atoms with Crippen molar-refractivity contribution in [1.29, 1.82) is 0 Å². The molecule has 0 radical (unpaired) electrons. The van der Waals surface area contributed by atoms with Gasteiger partial charge >= 0.3 is 6.18 Å². The van der Waals surface area contributed by atoms with Gasteiger partial charge in [-0.15, -0.1) is 0 Å². The third-order valence-electron chi connectivity index (χ3n) is 4.84. The fourth-order valence-electron chi connectivity index (χ4n) is 3.34. The van der Waals surface area contributed by atoms with Crippen molar-refractivity contribution in [2.75, 3.05) is 25.5 Å². The average molecular weight is 430 g/mol. The molecule has 0 fully saturated rings. The van der Waals surface area contributed by atoms with Crippen molar-refractivity contribution >= 4 is 28.3 Å². The van der Waals surface area contributed by atoms with E-state index in [1.807, 2.05) is 12.1 Å². The van der Waals surface area contributed by atoms with Gasteiger partial charge in [-0.3, -0.25) is 9.59 Å². The smallest absolute Gasteiger partial charge is 0.418 e. The summed E-state index contributed by atoms with van der Waals surface area (Å²) in [5.41, 5.74) is -0.918. The van der Waals surface area contributed by atoms with Gasteiger partial charge in [0.05, 0.1) is 18.4 Å². The summed E-state index contributed by atoms with van der Waals surface area (Å²) in [6, 6.07) is 15.2. The quantitative estimate of drug-likeness (QED) is 0.601. The summed E-state index contributed by atoms with van der Waals surface area (Å²) in [6.45, 7) is 1.51. The first-order valence-corrected chi connectivity index (χ1v) is 9.57. The Bertz CT molecular complexity index is 1110. The number of carbonyl (C=O) groups excluding carboxylic acids is 2. The molecule has 0 spiro atoms. The second kappa shape index (κ2) is 9.07. The van der Waals surface area contributed by atoms with Gasteiger partial charge in [0.2, 0.25) is 5.91 Å². The van der Waals surface area contributed by atoms with Crippen LogP contribution in [0.3, 0.4) is 0 Å². The Morgan fingerprint density at radius 1 is 0.968 bits per heavy atom. The number of anilines is 1. The number of alkyl halides is 3. The van der Waals surface area contributed by atoms with Gasteiger partial charge in [-0.05, 0) is 36.6 Å². The molecule has 0 bridgehead atoms. The summed E-state index contributed by atoms with van der Waals surface area (Å²) < 4.78 is 44.8. The molecule has 162 valence electrons. The number of halogens is 3. The molecular weight excluding hydrogens is 409 g/mol. The number of hydrogen-bond acceptors (Lipinski definition) is 3. The lowest BCUT2D eigenvalue weighted by Crippen LogP contribution is -2.38. The van der Waals surface area contributed by atoms with Crippen molar-refractivity contribution < 1.29 is 27.5 Å². The Balaban J connectivity index is 1.83. The number of nitrogens with zero attached hydrogens (tertiary/aromatic N) is 1. The number of ether oxygens (including phenoxy) is 1. The van der Waals surface area contributed by atoms with Gasteiger partial charge in [0.1, 0.15) is 12.3 Å². The predicted octanol–water partition coefficient (Wildman–Crippen LogP) is 4.97. The molecule has 3 aromatic rings. The van der Waals surface area contributed by atoms with Crippen LogP contribution in [0.15, 0.2) is 60.7 Å². The maximum Gasteiger partial charge on any atom is 0.418 e. The lowest BCUT2D eigenvalue weighted by molar-refractivity contribution is -0.137. The molecule has 0 saturated carbocycles. The van der Waals surface area contributed by atoms with E-state index in [1.165, 1.54) is 30.2 Å². The van der Waals surface area contributed by atoms with Gasteiger partial charge in [0.25, 0.3) is 5.91 Å². The van der Waals surface area contributed by atoms with Crippen LogP contribution in [0.4, 0.5) is 18.9 Å². The second-order valence-electron chi connectivity index (χ2n) is 6.77. The van der Waals surface area contributed by atoms with Crippen LogP contribution in [0.1, 0.15) is 22.8 Å². The van der Waals surface area contributed by atoms with Crippen molar-refractivity contribution in [3.05, 3.63) is 71.8 Å². The summed E-state index contributed by atoms with van der Waals surface area (Å²) in [4.78, 5) is 26.9. The maximum atomic E-state index is 13.2. The first-order chi connectivity index (χ1) is 14.8. The molecule has 3 aromatic carbocycles. The zero-order valence-electron chi connectivity index (χ0n) is 17.0. The summed E-state index contributed by atoms with van der Waals surface area (Å²) in [5.74, 6) is -0.512. The van der Waals surface area contributed by atoms with Gasteiger partial charge in [0.15, 0.2) is 0 Å². The Morgan fingerprint density at radius 3 is 2.26 bits per heavy atom. The van der Waals surface area contributed by atoms with Crippen molar-refractivity contribution in [1.82, 2.24) is 4.90 Å². The van der Waals surface area contributed by atoms with Crippen molar-refractivity contribution in [2.45, 2.75) is 13.1 Å². The van der Waals surface area contributed by atoms with Crippen LogP contribution < -0.4 is 10.1 Å². The molecule has 31 heavy (non-hydrogen) atoms. The van der Waals surface area contributed by atoms with Crippen LogP contribution in [0.5, 0.6) is 5.75 Å². The first-order valence-electron chi connectivity index (χ1n) is 9.57. The SMILES string of the molecule is CCN(CC(=O)Nc1ccccc1C(F)(F)F)C(=O)c1ccc(OC)c2ccccc12. The predicted molar refractivity (Wildman–Crippen MR) is 112 cm³/mol. The van der Waals surface area contributed by atoms with Crippen molar-refractivity contribution in [2.24, 2.45) is 0 Å². The van der Waals surface area contributed by atoms with Gasteiger partial charge in [-0.25, -0.2) is 0 Å². The van der Waals surface area contributed by atoms with E-state index >= 15 is 0 Å². The van der Waals surface area contributed by atoms with Gasteiger partial charge in [0, 0.05) is 17.5 Å². The Hall–Kier alpha value is -3.55. The molecule has 0 aliphatic rings. The van der Waals surface area contributed by atoms with E-state index in [1.54, 1.807) is 31.2 Å². The van der Waals surface area contributed by atoms with E-state index in [0.717, 1.165) is 11.5 Å². The van der Waals surface area contributed by atoms with E-state index in [0.29, 0.717) is 16.7 Å². The van der Waals surface area contributed by atoms with E-state index in [9.17, 15) is 22.8 Å². The number of methoxy groups -OCH3 is 1. The molecule has 2 amide bonds. The largest absolute Gasteiger partial charge is 0.496 e. The standard InChI is InChI=1S/C23H21F3N2O3/c1-3-28(14-21(29)27-19-11-7-6-10-18(19)23(24,25)26)22(30)17-12-13-20(31-2)16-9-5-4-8-15(16)17/h4-13H,3,14H2,1-2H3,(H,27,29). The monoisotopic (exact) mass is 430 g/mol. The highest BCUT2D eigenvalue weighted by molar-refractivity contribution is 6.09. The minimum absolute atomic E-state index is 0.202. The maximum absolute atomic E-state index is 13.2. The fraction of sp³-hybridized carbons (Fsp3) is 0.217. The van der Waals surface area contributed by atoms with E-state index in [4.69, 9.17) is 4.74 Å². The molecule has 0 aliphatic heterocycles. The normalized spacial score (nSPS) is 11.3. The van der Waals surface area contributed by atoms with Crippen molar-refractivity contribution in [3.8, 4) is 5.75 Å². The molecule has 0 atom stereocenters. The first kappa shape index (κ1) is 22.1. The summed E-state index contributed by atoms with van der Waals surface area (Å²) in [5, 5.41) is 3.68. The van der Waals surface area contributed by atoms with Gasteiger partial charge < -0.3 is 15.0 Å². The van der Waals surface area contributed by atoms with Crippen LogP contribution in [-0.2, 0) is 11.0 Å². The van der Waals surface area contributed by atoms with E-state index in [-0.39, 0.29) is 18.8 Å². The van der Waals surface area contributed by atoms with Gasteiger partial charge in [-0.2, -0.15) is 13.2 Å². The molecule has 0 aromatic heterocycles. The number of hydrogen-bond donors (Lipinski definition) is 1. The second-order valence-corrected chi connectivity index (χ2v) is 6.77. The van der Waals surface area contributed by atoms with Crippen LogP contribution in [0.25, 0.3) is 10.8 Å². The van der Waals surface area contributed by atoms with Crippen LogP contribution in [0, 0.1) is 0 Å². The molecule has 3 rings (SSSR count). The topological polar surface area (TPSA) is 58.6 Å². The Kier molecular flexibility index (Phi) is 6.48. The molecule has 0 aliphatic carbocycles. The number of likely N-dealkylation sites (N-methyl/N-ethyl adjacent to an activating group) is 1. The van der Waals surface area contributed by atoms with E-state index in [2.05, 4.69) is 5.32 Å². The average Bonchev–Trinajstić information content (AvgIpc) is 2.75. The molecule has 0 saturated heterocycles. The Labute approximate surface area is 177 Å². The van der Waals surface area contributed by atoms with Crippen molar-refractivity contribution in [3.63, 3.8) is 0 Å². The minimum Gasteiger partial charge on any atom is -0.496 e. The molecule has 8 heteroatoms. The fourth-order valence-corrected chi connectivity index (χ4v) is 3.34.